The van der Waals surface area contributed by atoms with Gasteiger partial charge in [-0.15, -0.1) is 11.3 Å². The number of piperidine rings is 1. The first-order valence-corrected chi connectivity index (χ1v) is 13.5. The molecule has 5 rings (SSSR count). The highest BCUT2D eigenvalue weighted by molar-refractivity contribution is 7.14. The zero-order valence-electron chi connectivity index (χ0n) is 20.5. The van der Waals surface area contributed by atoms with Crippen LogP contribution in [0, 0.1) is 5.92 Å². The quantitative estimate of drug-likeness (QED) is 0.498. The third kappa shape index (κ3) is 5.41. The summed E-state index contributed by atoms with van der Waals surface area (Å²) in [6.07, 6.45) is 12.1. The van der Waals surface area contributed by atoms with Gasteiger partial charge in [0.1, 0.15) is 11.4 Å². The van der Waals surface area contributed by atoms with Crippen molar-refractivity contribution in [3.8, 4) is 17.0 Å². The van der Waals surface area contributed by atoms with Gasteiger partial charge in [-0.25, -0.2) is 9.97 Å². The highest BCUT2D eigenvalue weighted by Crippen LogP contribution is 2.38. The zero-order valence-corrected chi connectivity index (χ0v) is 21.3. The van der Waals surface area contributed by atoms with Crippen LogP contribution in [0.15, 0.2) is 42.2 Å². The Morgan fingerprint density at radius 2 is 1.89 bits per heavy atom. The molecule has 8 nitrogen and oxygen atoms in total. The summed E-state index contributed by atoms with van der Waals surface area (Å²) in [6.45, 7) is 1.03. The fourth-order valence-corrected chi connectivity index (χ4v) is 5.91. The fraction of sp³-hybridized carbons (Fsp3) is 0.444. The van der Waals surface area contributed by atoms with Gasteiger partial charge in [-0.1, -0.05) is 25.3 Å². The monoisotopic (exact) mass is 505 g/mol. The molecule has 1 N–H and O–H groups in total. The van der Waals surface area contributed by atoms with Gasteiger partial charge in [0, 0.05) is 42.3 Å². The number of anilines is 1. The van der Waals surface area contributed by atoms with Crippen molar-refractivity contribution in [3.63, 3.8) is 0 Å². The van der Waals surface area contributed by atoms with E-state index in [0.717, 1.165) is 17.0 Å². The second-order valence-corrected chi connectivity index (χ2v) is 10.3. The molecule has 2 fully saturated rings. The number of aromatic nitrogens is 3. The Morgan fingerprint density at radius 1 is 1.08 bits per heavy atom. The van der Waals surface area contributed by atoms with Crippen LogP contribution in [0.3, 0.4) is 0 Å². The average Bonchev–Trinajstić information content (AvgIpc) is 3.41. The van der Waals surface area contributed by atoms with E-state index in [2.05, 4.69) is 27.4 Å². The van der Waals surface area contributed by atoms with Crippen molar-refractivity contribution in [3.05, 3.63) is 53.4 Å². The number of carbonyl (C=O) groups excluding carboxylic acids is 2. The number of hydrogen-bond acceptors (Lipinski definition) is 7. The van der Waals surface area contributed by atoms with Crippen LogP contribution in [0.4, 0.5) is 5.13 Å². The molecule has 0 spiro atoms. The molecule has 0 bridgehead atoms. The van der Waals surface area contributed by atoms with Crippen LogP contribution in [0.2, 0.25) is 0 Å². The SMILES string of the molecule is COc1ccc(C2CCCCC2)cc1-c1csc(NC(=O)C2CCN(C(=O)c3cnccn3)CC2)n1. The van der Waals surface area contributed by atoms with Crippen molar-refractivity contribution in [1.29, 1.82) is 0 Å². The van der Waals surface area contributed by atoms with Crippen LogP contribution in [0.25, 0.3) is 11.3 Å². The Bertz CT molecular complexity index is 1200. The highest BCUT2D eigenvalue weighted by Gasteiger charge is 2.29. The summed E-state index contributed by atoms with van der Waals surface area (Å²) in [7, 11) is 1.68. The van der Waals surface area contributed by atoms with Gasteiger partial charge in [0.15, 0.2) is 5.13 Å². The minimum atomic E-state index is -0.160. The summed E-state index contributed by atoms with van der Waals surface area (Å²) < 4.78 is 5.63. The lowest BCUT2D eigenvalue weighted by molar-refractivity contribution is -0.121. The van der Waals surface area contributed by atoms with E-state index in [1.807, 2.05) is 11.4 Å². The van der Waals surface area contributed by atoms with Crippen molar-refractivity contribution in [1.82, 2.24) is 19.9 Å². The van der Waals surface area contributed by atoms with Gasteiger partial charge in [0.25, 0.3) is 5.91 Å². The Labute approximate surface area is 215 Å². The molecule has 2 aromatic heterocycles. The van der Waals surface area contributed by atoms with Gasteiger partial charge < -0.3 is 15.0 Å². The van der Waals surface area contributed by atoms with Crippen molar-refractivity contribution in [2.45, 2.75) is 50.9 Å². The molecule has 2 aliphatic rings. The van der Waals surface area contributed by atoms with Crippen LogP contribution >= 0.6 is 11.3 Å². The van der Waals surface area contributed by atoms with Gasteiger partial charge in [0.2, 0.25) is 5.91 Å². The number of amides is 2. The molecule has 0 unspecified atom stereocenters. The second-order valence-electron chi connectivity index (χ2n) is 9.48. The Hall–Kier alpha value is -3.33. The molecule has 0 radical (unpaired) electrons. The summed E-state index contributed by atoms with van der Waals surface area (Å²) >= 11 is 1.42. The van der Waals surface area contributed by atoms with Gasteiger partial charge in [-0.2, -0.15) is 0 Å². The minimum Gasteiger partial charge on any atom is -0.496 e. The number of ether oxygens (including phenoxy) is 1. The summed E-state index contributed by atoms with van der Waals surface area (Å²) in [5, 5.41) is 5.55. The summed E-state index contributed by atoms with van der Waals surface area (Å²) in [4.78, 5) is 40.0. The highest BCUT2D eigenvalue weighted by atomic mass is 32.1. The normalized spacial score (nSPS) is 17.1. The molecule has 36 heavy (non-hydrogen) atoms. The maximum Gasteiger partial charge on any atom is 0.274 e. The van der Waals surface area contributed by atoms with Gasteiger partial charge in [-0.05, 0) is 49.3 Å². The number of thiazole rings is 1. The molecule has 3 heterocycles. The molecule has 188 valence electrons. The predicted octanol–water partition coefficient (Wildman–Crippen LogP) is 5.15. The third-order valence-electron chi connectivity index (χ3n) is 7.25. The number of benzene rings is 1. The molecule has 1 aliphatic carbocycles. The summed E-state index contributed by atoms with van der Waals surface area (Å²) in [6, 6.07) is 6.42. The summed E-state index contributed by atoms with van der Waals surface area (Å²) in [5.74, 6) is 1.03. The molecule has 0 atom stereocenters. The molecule has 2 amide bonds. The standard InChI is InChI=1S/C27H31N5O3S/c1-35-24-8-7-20(18-5-3-2-4-6-18)15-21(24)23-17-36-27(30-23)31-25(33)19-9-13-32(14-10-19)26(34)22-16-28-11-12-29-22/h7-8,11-12,15-19H,2-6,9-10,13-14H2,1H3,(H,30,31,33). The van der Waals surface area contributed by atoms with E-state index in [-0.39, 0.29) is 17.7 Å². The second kappa shape index (κ2) is 11.2. The molecule has 3 aromatic rings. The van der Waals surface area contributed by atoms with Crippen LogP contribution in [-0.2, 0) is 4.79 Å². The van der Waals surface area contributed by atoms with E-state index < -0.39 is 0 Å². The zero-order chi connectivity index (χ0) is 24.9. The van der Waals surface area contributed by atoms with Crippen LogP contribution < -0.4 is 10.1 Å². The van der Waals surface area contributed by atoms with E-state index in [9.17, 15) is 9.59 Å². The predicted molar refractivity (Wildman–Crippen MR) is 139 cm³/mol. The lowest BCUT2D eigenvalue weighted by Crippen LogP contribution is -2.41. The van der Waals surface area contributed by atoms with E-state index in [1.165, 1.54) is 61.4 Å². The molecule has 1 saturated carbocycles. The smallest absolute Gasteiger partial charge is 0.274 e. The van der Waals surface area contributed by atoms with Gasteiger partial charge in [-0.3, -0.25) is 14.6 Å². The summed E-state index contributed by atoms with van der Waals surface area (Å²) in [5.41, 5.74) is 3.45. The molecular formula is C27H31N5O3S. The van der Waals surface area contributed by atoms with Crippen molar-refractivity contribution >= 4 is 28.3 Å². The van der Waals surface area contributed by atoms with Crippen LogP contribution in [0.1, 0.15) is 66.9 Å². The fourth-order valence-electron chi connectivity index (χ4n) is 5.19. The number of nitrogens with one attached hydrogen (secondary N) is 1. The van der Waals surface area contributed by atoms with Crippen LogP contribution in [0.5, 0.6) is 5.75 Å². The lowest BCUT2D eigenvalue weighted by Gasteiger charge is -2.30. The molecule has 1 aromatic carbocycles. The molecule has 1 saturated heterocycles. The van der Waals surface area contributed by atoms with Crippen LogP contribution in [-0.4, -0.2) is 51.9 Å². The largest absolute Gasteiger partial charge is 0.496 e. The first-order valence-electron chi connectivity index (χ1n) is 12.6. The van der Waals surface area contributed by atoms with E-state index in [4.69, 9.17) is 9.72 Å². The van der Waals surface area contributed by atoms with E-state index >= 15 is 0 Å². The van der Waals surface area contributed by atoms with Gasteiger partial charge >= 0.3 is 0 Å². The average molecular weight is 506 g/mol. The minimum absolute atomic E-state index is 0.0505. The number of carbonyl (C=O) groups is 2. The number of rotatable bonds is 6. The maximum absolute atomic E-state index is 12.9. The van der Waals surface area contributed by atoms with E-state index in [0.29, 0.717) is 42.7 Å². The Morgan fingerprint density at radius 3 is 2.61 bits per heavy atom. The first kappa shape index (κ1) is 24.4. The van der Waals surface area contributed by atoms with E-state index in [1.54, 1.807) is 18.2 Å². The molecule has 9 heteroatoms. The number of nitrogens with zero attached hydrogens (tertiary/aromatic N) is 4. The Balaban J connectivity index is 1.22. The Kier molecular flexibility index (Phi) is 7.55. The van der Waals surface area contributed by atoms with Gasteiger partial charge in [0.05, 0.1) is 19.0 Å². The molecule has 1 aliphatic heterocycles. The van der Waals surface area contributed by atoms with Crippen molar-refractivity contribution in [2.75, 3.05) is 25.5 Å². The number of likely N-dealkylation sites (tertiary alicyclic amines) is 1. The number of methoxy groups -OCH3 is 1. The maximum atomic E-state index is 12.9. The molecular weight excluding hydrogens is 474 g/mol. The number of hydrogen-bond donors (Lipinski definition) is 1. The first-order chi connectivity index (χ1) is 17.6. The van der Waals surface area contributed by atoms with Crippen molar-refractivity contribution < 1.29 is 14.3 Å². The third-order valence-corrected chi connectivity index (χ3v) is 8.00. The van der Waals surface area contributed by atoms with Crippen molar-refractivity contribution in [2.24, 2.45) is 5.92 Å². The topological polar surface area (TPSA) is 97.3 Å². The lowest BCUT2D eigenvalue weighted by atomic mass is 9.83.